The average Bonchev–Trinajstić information content (AvgIpc) is 2.77. The fourth-order valence-electron chi connectivity index (χ4n) is 2.63. The van der Waals surface area contributed by atoms with Crippen LogP contribution in [0.5, 0.6) is 0 Å². The van der Waals surface area contributed by atoms with Crippen molar-refractivity contribution in [1.82, 2.24) is 0 Å². The van der Waals surface area contributed by atoms with Crippen LogP contribution in [0.4, 0.5) is 11.4 Å². The second kappa shape index (κ2) is 9.79. The van der Waals surface area contributed by atoms with Crippen LogP contribution in [-0.2, 0) is 16.1 Å². The molecule has 0 aromatic heterocycles. The number of rotatable bonds is 7. The molecule has 3 rings (SSSR count). The monoisotopic (exact) mass is 402 g/mol. The zero-order valence-electron chi connectivity index (χ0n) is 15.9. The average molecular weight is 402 g/mol. The first-order valence-electron chi connectivity index (χ1n) is 9.06. The summed E-state index contributed by atoms with van der Waals surface area (Å²) < 4.78 is 5.15. The van der Waals surface area contributed by atoms with Crippen molar-refractivity contribution in [3.8, 4) is 0 Å². The Labute approximate surface area is 172 Å². The van der Waals surface area contributed by atoms with Gasteiger partial charge in [-0.15, -0.1) is 0 Å². The fraction of sp³-hybridized carbons (Fsp3) is 0.0435. The van der Waals surface area contributed by atoms with Crippen LogP contribution in [0, 0.1) is 10.1 Å². The molecule has 150 valence electrons. The minimum atomic E-state index is -0.626. The molecule has 3 aromatic rings. The highest BCUT2D eigenvalue weighted by Crippen LogP contribution is 2.19. The van der Waals surface area contributed by atoms with Crippen molar-refractivity contribution in [3.63, 3.8) is 0 Å². The van der Waals surface area contributed by atoms with Crippen LogP contribution in [0.25, 0.3) is 6.08 Å². The second-order valence-electron chi connectivity index (χ2n) is 6.27. The first-order valence-corrected chi connectivity index (χ1v) is 9.06. The van der Waals surface area contributed by atoms with Gasteiger partial charge in [-0.25, -0.2) is 4.79 Å². The Morgan fingerprint density at radius 2 is 1.60 bits per heavy atom. The van der Waals surface area contributed by atoms with E-state index in [0.29, 0.717) is 22.4 Å². The summed E-state index contributed by atoms with van der Waals surface area (Å²) in [6.07, 6.45) is 2.49. The molecule has 7 heteroatoms. The number of nitro groups is 1. The van der Waals surface area contributed by atoms with Gasteiger partial charge in [0.05, 0.1) is 10.5 Å². The number of carbonyl (C=O) groups is 2. The van der Waals surface area contributed by atoms with Gasteiger partial charge < -0.3 is 10.1 Å². The van der Waals surface area contributed by atoms with Gasteiger partial charge in [0, 0.05) is 23.4 Å². The van der Waals surface area contributed by atoms with Gasteiger partial charge in [0.15, 0.2) is 0 Å². The Hall–Kier alpha value is -4.26. The molecule has 7 nitrogen and oxygen atoms in total. The van der Waals surface area contributed by atoms with Gasteiger partial charge in [-0.3, -0.25) is 14.9 Å². The van der Waals surface area contributed by atoms with Gasteiger partial charge in [-0.2, -0.15) is 0 Å². The highest BCUT2D eigenvalue weighted by atomic mass is 16.6. The van der Waals surface area contributed by atoms with Gasteiger partial charge in [0.1, 0.15) is 6.61 Å². The predicted octanol–water partition coefficient (Wildman–Crippen LogP) is 4.60. The highest BCUT2D eigenvalue weighted by Gasteiger charge is 2.10. The molecule has 0 saturated carbocycles. The maximum Gasteiger partial charge on any atom is 0.331 e. The van der Waals surface area contributed by atoms with Gasteiger partial charge in [-0.05, 0) is 42.0 Å². The molecule has 3 aromatic carbocycles. The maximum absolute atomic E-state index is 12.2. The number of nitrogens with zero attached hydrogens (tertiary/aromatic N) is 1. The summed E-state index contributed by atoms with van der Waals surface area (Å²) in [5, 5.41) is 13.8. The number of para-hydroxylation sites is 2. The molecule has 0 aliphatic rings. The molecule has 0 bridgehead atoms. The van der Waals surface area contributed by atoms with E-state index in [1.165, 1.54) is 12.1 Å². The number of hydrogen-bond donors (Lipinski definition) is 1. The van der Waals surface area contributed by atoms with Gasteiger partial charge in [-0.1, -0.05) is 42.5 Å². The Morgan fingerprint density at radius 3 is 2.30 bits per heavy atom. The number of nitro benzene ring substituents is 1. The smallest absolute Gasteiger partial charge is 0.331 e. The first kappa shape index (κ1) is 20.5. The van der Waals surface area contributed by atoms with Crippen molar-refractivity contribution < 1.29 is 19.2 Å². The van der Waals surface area contributed by atoms with Crippen molar-refractivity contribution in [3.05, 3.63) is 112 Å². The molecule has 0 saturated heterocycles. The van der Waals surface area contributed by atoms with Crippen LogP contribution in [-0.4, -0.2) is 16.8 Å². The lowest BCUT2D eigenvalue weighted by atomic mass is 10.1. The largest absolute Gasteiger partial charge is 0.458 e. The highest BCUT2D eigenvalue weighted by molar-refractivity contribution is 6.04. The molecule has 0 radical (unpaired) electrons. The van der Waals surface area contributed by atoms with Crippen molar-refractivity contribution in [2.45, 2.75) is 6.61 Å². The lowest BCUT2D eigenvalue weighted by Gasteiger charge is -2.06. The van der Waals surface area contributed by atoms with Crippen molar-refractivity contribution in [2.75, 3.05) is 5.32 Å². The summed E-state index contributed by atoms with van der Waals surface area (Å²) >= 11 is 0. The van der Waals surface area contributed by atoms with E-state index in [1.54, 1.807) is 54.6 Å². The normalized spacial score (nSPS) is 10.5. The molecule has 0 spiro atoms. The lowest BCUT2D eigenvalue weighted by Crippen LogP contribution is -2.11. The number of hydrogen-bond acceptors (Lipinski definition) is 5. The van der Waals surface area contributed by atoms with Crippen LogP contribution in [0.15, 0.2) is 84.9 Å². The summed E-state index contributed by atoms with van der Waals surface area (Å²) in [5.41, 5.74) is 2.11. The molecule has 0 aliphatic heterocycles. The van der Waals surface area contributed by atoms with Crippen molar-refractivity contribution in [1.29, 1.82) is 0 Å². The third-order valence-corrected chi connectivity index (χ3v) is 4.16. The number of amides is 1. The van der Waals surface area contributed by atoms with Crippen molar-refractivity contribution in [2.24, 2.45) is 0 Å². The summed E-state index contributed by atoms with van der Waals surface area (Å²) in [7, 11) is 0. The molecule has 0 aliphatic carbocycles. The fourth-order valence-corrected chi connectivity index (χ4v) is 2.63. The summed E-state index contributed by atoms with van der Waals surface area (Å²) in [5.74, 6) is -0.865. The van der Waals surface area contributed by atoms with E-state index < -0.39 is 10.9 Å². The van der Waals surface area contributed by atoms with E-state index in [1.807, 2.05) is 18.2 Å². The van der Waals surface area contributed by atoms with Crippen molar-refractivity contribution >= 4 is 29.3 Å². The SMILES string of the molecule is O=C(/C=C/c1ccccc1[N+](=O)[O-])OCc1ccc(C(=O)Nc2ccccc2)cc1. The summed E-state index contributed by atoms with van der Waals surface area (Å²) in [6.45, 7) is 0.0145. The first-order chi connectivity index (χ1) is 14.5. The second-order valence-corrected chi connectivity index (χ2v) is 6.27. The quantitative estimate of drug-likeness (QED) is 0.269. The predicted molar refractivity (Wildman–Crippen MR) is 113 cm³/mol. The molecule has 0 fully saturated rings. The number of esters is 1. The molecule has 0 atom stereocenters. The van der Waals surface area contributed by atoms with Crippen LogP contribution in [0.1, 0.15) is 21.5 Å². The van der Waals surface area contributed by atoms with E-state index >= 15 is 0 Å². The molecule has 1 amide bonds. The minimum absolute atomic E-state index is 0.0145. The maximum atomic E-state index is 12.2. The zero-order valence-corrected chi connectivity index (χ0v) is 15.9. The molecular weight excluding hydrogens is 384 g/mol. The number of ether oxygens (including phenoxy) is 1. The van der Waals surface area contributed by atoms with Gasteiger partial charge >= 0.3 is 5.97 Å². The molecule has 0 heterocycles. The van der Waals surface area contributed by atoms with Crippen LogP contribution in [0.2, 0.25) is 0 Å². The Bertz CT molecular complexity index is 1080. The Kier molecular flexibility index (Phi) is 6.68. The molecular formula is C23H18N2O5. The summed E-state index contributed by atoms with van der Waals surface area (Å²) in [4.78, 5) is 34.6. The molecule has 30 heavy (non-hydrogen) atoms. The standard InChI is InChI=1S/C23H18N2O5/c26-22(15-14-18-6-4-5-9-21(18)25(28)29)30-16-17-10-12-19(13-11-17)23(27)24-20-7-2-1-3-8-20/h1-15H,16H2,(H,24,27)/b15-14+. The number of benzene rings is 3. The topological polar surface area (TPSA) is 98.5 Å². The van der Waals surface area contributed by atoms with E-state index in [2.05, 4.69) is 5.32 Å². The number of carbonyl (C=O) groups excluding carboxylic acids is 2. The van der Waals surface area contributed by atoms with Crippen LogP contribution < -0.4 is 5.32 Å². The molecule has 0 unspecified atom stereocenters. The van der Waals surface area contributed by atoms with Gasteiger partial charge in [0.25, 0.3) is 11.6 Å². The third-order valence-electron chi connectivity index (χ3n) is 4.16. The third kappa shape index (κ3) is 5.62. The van der Waals surface area contributed by atoms with Crippen LogP contribution in [0.3, 0.4) is 0 Å². The van der Waals surface area contributed by atoms with E-state index in [0.717, 1.165) is 6.08 Å². The molecule has 1 N–H and O–H groups in total. The Morgan fingerprint density at radius 1 is 0.933 bits per heavy atom. The van der Waals surface area contributed by atoms with Crippen LogP contribution >= 0.6 is 0 Å². The zero-order chi connectivity index (χ0) is 21.3. The number of anilines is 1. The van der Waals surface area contributed by atoms with E-state index in [-0.39, 0.29) is 18.2 Å². The van der Waals surface area contributed by atoms with E-state index in [9.17, 15) is 19.7 Å². The summed E-state index contributed by atoms with van der Waals surface area (Å²) in [6, 6.07) is 21.9. The lowest BCUT2D eigenvalue weighted by molar-refractivity contribution is -0.385. The number of nitrogens with one attached hydrogen (secondary N) is 1. The Balaban J connectivity index is 1.54. The van der Waals surface area contributed by atoms with Gasteiger partial charge in [0.2, 0.25) is 0 Å². The minimum Gasteiger partial charge on any atom is -0.458 e. The van der Waals surface area contributed by atoms with E-state index in [4.69, 9.17) is 4.74 Å².